The molecule has 1 aromatic carbocycles. The Morgan fingerprint density at radius 2 is 1.92 bits per heavy atom. The third-order valence-electron chi connectivity index (χ3n) is 5.12. The zero-order chi connectivity index (χ0) is 18.1. The molecule has 136 valence electrons. The number of benzene rings is 1. The van der Waals surface area contributed by atoms with Crippen LogP contribution in [0.4, 0.5) is 0 Å². The van der Waals surface area contributed by atoms with E-state index < -0.39 is 0 Å². The lowest BCUT2D eigenvalue weighted by Crippen LogP contribution is -2.60. The van der Waals surface area contributed by atoms with Gasteiger partial charge in [0.05, 0.1) is 17.5 Å². The number of ether oxygens (including phenoxy) is 1. The van der Waals surface area contributed by atoms with Crippen molar-refractivity contribution in [1.82, 2.24) is 9.88 Å². The second-order valence-corrected chi connectivity index (χ2v) is 9.01. The number of likely N-dealkylation sites (tertiary alicyclic amines) is 1. The predicted molar refractivity (Wildman–Crippen MR) is 104 cm³/mol. The van der Waals surface area contributed by atoms with Crippen molar-refractivity contribution in [2.45, 2.75) is 37.7 Å². The van der Waals surface area contributed by atoms with E-state index in [4.69, 9.17) is 4.74 Å². The molecule has 2 aliphatic rings. The number of hydrogen-bond donors (Lipinski definition) is 0. The van der Waals surface area contributed by atoms with Gasteiger partial charge >= 0.3 is 0 Å². The summed E-state index contributed by atoms with van der Waals surface area (Å²) in [6, 6.07) is 10.1. The lowest BCUT2D eigenvalue weighted by atomic mass is 9.92. The largest absolute Gasteiger partial charge is 0.373 e. The van der Waals surface area contributed by atoms with E-state index >= 15 is 0 Å². The average Bonchev–Trinajstić information content (AvgIpc) is 3.03. The second-order valence-electron chi connectivity index (χ2n) is 7.52. The fourth-order valence-corrected chi connectivity index (χ4v) is 5.45. The number of aryl methyl sites for hydroxylation is 2. The van der Waals surface area contributed by atoms with Gasteiger partial charge in [-0.15, -0.1) is 11.8 Å². The van der Waals surface area contributed by atoms with Gasteiger partial charge in [-0.2, -0.15) is 0 Å². The van der Waals surface area contributed by atoms with Gasteiger partial charge in [-0.1, -0.05) is 17.2 Å². The number of carbonyl (C=O) groups excluding carboxylic acids is 1. The first-order chi connectivity index (χ1) is 12.5. The number of pyridine rings is 1. The Balaban J connectivity index is 1.30. The Morgan fingerprint density at radius 3 is 2.62 bits per heavy atom. The van der Waals surface area contributed by atoms with Crippen LogP contribution in [0.5, 0.6) is 0 Å². The Morgan fingerprint density at radius 1 is 1.23 bits per heavy atom. The first-order valence-corrected chi connectivity index (χ1v) is 10.0. The molecule has 2 fully saturated rings. The van der Waals surface area contributed by atoms with Crippen molar-refractivity contribution in [3.05, 3.63) is 65.0 Å². The van der Waals surface area contributed by atoms with Crippen LogP contribution in [0, 0.1) is 13.8 Å². The number of carbonyl (C=O) groups is 1. The highest BCUT2D eigenvalue weighted by Crippen LogP contribution is 2.46. The van der Waals surface area contributed by atoms with Gasteiger partial charge in [0.2, 0.25) is 0 Å². The van der Waals surface area contributed by atoms with Gasteiger partial charge in [0.1, 0.15) is 0 Å². The van der Waals surface area contributed by atoms with E-state index in [1.54, 1.807) is 12.4 Å². The molecule has 0 aliphatic carbocycles. The van der Waals surface area contributed by atoms with Crippen molar-refractivity contribution < 1.29 is 9.53 Å². The number of rotatable bonds is 4. The number of aromatic nitrogens is 1. The number of nitrogens with zero attached hydrogens (tertiary/aromatic N) is 2. The smallest absolute Gasteiger partial charge is 0.253 e. The standard InChI is InChI=1S/C21H24N2O2S/c1-15-7-16(2)9-18(8-15)20(24)23-13-21(14-23)10-19(12-26-21)25-11-17-3-5-22-6-4-17/h3-9,19H,10-14H2,1-2H3/t19-/m1/s1. The maximum atomic E-state index is 12.7. The molecular formula is C21H24N2O2S. The molecule has 2 aliphatic heterocycles. The lowest BCUT2D eigenvalue weighted by molar-refractivity contribution is 0.0255. The van der Waals surface area contributed by atoms with E-state index in [2.05, 4.69) is 11.1 Å². The van der Waals surface area contributed by atoms with Crippen LogP contribution in [0.2, 0.25) is 0 Å². The summed E-state index contributed by atoms with van der Waals surface area (Å²) in [7, 11) is 0. The molecular weight excluding hydrogens is 344 g/mol. The lowest BCUT2D eigenvalue weighted by Gasteiger charge is -2.47. The molecule has 1 atom stereocenters. The Labute approximate surface area is 159 Å². The summed E-state index contributed by atoms with van der Waals surface area (Å²) in [5, 5.41) is 0. The minimum Gasteiger partial charge on any atom is -0.373 e. The Bertz CT molecular complexity index is 783. The van der Waals surface area contributed by atoms with E-state index in [0.717, 1.165) is 47.5 Å². The Hall–Kier alpha value is -1.85. The van der Waals surface area contributed by atoms with E-state index in [-0.39, 0.29) is 16.8 Å². The van der Waals surface area contributed by atoms with Gasteiger partial charge < -0.3 is 9.64 Å². The fraction of sp³-hybridized carbons (Fsp3) is 0.429. The van der Waals surface area contributed by atoms with Crippen LogP contribution in [0.15, 0.2) is 42.7 Å². The monoisotopic (exact) mass is 368 g/mol. The molecule has 26 heavy (non-hydrogen) atoms. The fourth-order valence-electron chi connectivity index (χ4n) is 3.90. The molecule has 0 radical (unpaired) electrons. The molecule has 2 aromatic rings. The molecule has 0 unspecified atom stereocenters. The van der Waals surface area contributed by atoms with Gasteiger partial charge in [0, 0.05) is 36.8 Å². The summed E-state index contributed by atoms with van der Waals surface area (Å²) in [6.45, 7) is 6.38. The summed E-state index contributed by atoms with van der Waals surface area (Å²) in [5.41, 5.74) is 4.25. The molecule has 4 rings (SSSR count). The minimum absolute atomic E-state index is 0.157. The quantitative estimate of drug-likeness (QED) is 0.827. The molecule has 0 saturated carbocycles. The van der Waals surface area contributed by atoms with Gasteiger partial charge in [-0.05, 0) is 50.1 Å². The second kappa shape index (κ2) is 7.05. The van der Waals surface area contributed by atoms with E-state index in [1.807, 2.05) is 54.8 Å². The van der Waals surface area contributed by atoms with Gasteiger partial charge in [0.25, 0.3) is 5.91 Å². The molecule has 0 N–H and O–H groups in total. The van der Waals surface area contributed by atoms with Gasteiger partial charge in [-0.25, -0.2) is 0 Å². The van der Waals surface area contributed by atoms with Crippen LogP contribution in [0.25, 0.3) is 0 Å². The number of thioether (sulfide) groups is 1. The van der Waals surface area contributed by atoms with Crippen LogP contribution in [-0.4, -0.2) is 45.5 Å². The Kier molecular flexibility index (Phi) is 4.76. The van der Waals surface area contributed by atoms with Crippen molar-refractivity contribution in [3.63, 3.8) is 0 Å². The average molecular weight is 369 g/mol. The first kappa shape index (κ1) is 17.6. The summed E-state index contributed by atoms with van der Waals surface area (Å²) in [5.74, 6) is 1.17. The van der Waals surface area contributed by atoms with Crippen molar-refractivity contribution in [2.75, 3.05) is 18.8 Å². The molecule has 1 aromatic heterocycles. The highest BCUT2D eigenvalue weighted by Gasteiger charge is 2.51. The highest BCUT2D eigenvalue weighted by molar-refractivity contribution is 8.01. The molecule has 0 bridgehead atoms. The van der Waals surface area contributed by atoms with Crippen LogP contribution in [0.1, 0.15) is 33.5 Å². The molecule has 3 heterocycles. The van der Waals surface area contributed by atoms with Crippen molar-refractivity contribution >= 4 is 17.7 Å². The minimum atomic E-state index is 0.157. The number of hydrogen-bond acceptors (Lipinski definition) is 4. The normalized spacial score (nSPS) is 21.0. The van der Waals surface area contributed by atoms with Crippen LogP contribution in [-0.2, 0) is 11.3 Å². The van der Waals surface area contributed by atoms with E-state index in [0.29, 0.717) is 6.61 Å². The highest BCUT2D eigenvalue weighted by atomic mass is 32.2. The van der Waals surface area contributed by atoms with Gasteiger partial charge in [-0.3, -0.25) is 9.78 Å². The van der Waals surface area contributed by atoms with Gasteiger partial charge in [0.15, 0.2) is 0 Å². The summed E-state index contributed by atoms with van der Waals surface area (Å²) < 4.78 is 6.27. The maximum absolute atomic E-state index is 12.7. The number of amides is 1. The SMILES string of the molecule is Cc1cc(C)cc(C(=O)N2CC3(C[C@@H](OCc4ccncc4)CS3)C2)c1. The molecule has 2 saturated heterocycles. The summed E-state index contributed by atoms with van der Waals surface area (Å²) in [4.78, 5) is 18.8. The molecule has 4 nitrogen and oxygen atoms in total. The predicted octanol–water partition coefficient (Wildman–Crippen LogP) is 3.62. The topological polar surface area (TPSA) is 42.4 Å². The zero-order valence-corrected chi connectivity index (χ0v) is 16.1. The first-order valence-electron chi connectivity index (χ1n) is 9.05. The summed E-state index contributed by atoms with van der Waals surface area (Å²) in [6.07, 6.45) is 4.89. The molecule has 1 spiro atoms. The summed E-state index contributed by atoms with van der Waals surface area (Å²) >= 11 is 1.97. The van der Waals surface area contributed by atoms with Crippen LogP contribution < -0.4 is 0 Å². The van der Waals surface area contributed by atoms with E-state index in [1.165, 1.54) is 0 Å². The van der Waals surface area contributed by atoms with Crippen molar-refractivity contribution in [2.24, 2.45) is 0 Å². The molecule has 1 amide bonds. The van der Waals surface area contributed by atoms with Crippen LogP contribution in [0.3, 0.4) is 0 Å². The molecule has 5 heteroatoms. The van der Waals surface area contributed by atoms with Crippen molar-refractivity contribution in [1.29, 1.82) is 0 Å². The van der Waals surface area contributed by atoms with Crippen molar-refractivity contribution in [3.8, 4) is 0 Å². The third kappa shape index (κ3) is 3.64. The van der Waals surface area contributed by atoms with E-state index in [9.17, 15) is 4.79 Å². The maximum Gasteiger partial charge on any atom is 0.253 e. The van der Waals surface area contributed by atoms with Crippen LogP contribution >= 0.6 is 11.8 Å². The zero-order valence-electron chi connectivity index (χ0n) is 15.3. The third-order valence-corrected chi connectivity index (χ3v) is 6.70.